The number of allylic oxidation sites excluding steroid dienone is 2. The number of Topliss-reactive ketones (excluding diaryl/α,β-unsaturated/α-hetero) is 2. The van der Waals surface area contributed by atoms with E-state index in [0.717, 1.165) is 10.8 Å². The van der Waals surface area contributed by atoms with Crippen molar-refractivity contribution in [3.8, 4) is 0 Å². The van der Waals surface area contributed by atoms with E-state index in [9.17, 15) is 19.2 Å². The minimum absolute atomic E-state index is 0.0400. The summed E-state index contributed by atoms with van der Waals surface area (Å²) >= 11 is 0. The van der Waals surface area contributed by atoms with Gasteiger partial charge in [-0.05, 0) is 23.8 Å². The van der Waals surface area contributed by atoms with E-state index < -0.39 is 5.92 Å². The fraction of sp³-hybridized carbons (Fsp3) is 0.0667. The zero-order valence-electron chi connectivity index (χ0n) is 18.3. The molecule has 0 atom stereocenters. The maximum Gasteiger partial charge on any atom is 0.197 e. The number of carbonyl (C=O) groups is 2. The molecule has 0 bridgehead atoms. The summed E-state index contributed by atoms with van der Waals surface area (Å²) in [5.74, 6) is -1.55. The van der Waals surface area contributed by atoms with Crippen molar-refractivity contribution in [2.75, 3.05) is 0 Å². The standard InChI is InChI=1S/C30H18O4/c1-16(14-23-27(31)19-10-2-6-17-7-3-11-20(25(17)19)28(23)32)15-24-29(33)21-12-4-8-18-9-5-13-22(26(18)21)30(24)34/h2-15,23H,1H3. The lowest BCUT2D eigenvalue weighted by atomic mass is 9.79. The first-order valence-corrected chi connectivity index (χ1v) is 11.1. The van der Waals surface area contributed by atoms with Crippen LogP contribution in [0.15, 0.2) is 94.0 Å². The molecule has 5 aromatic carbocycles. The Morgan fingerprint density at radius 3 is 1.65 bits per heavy atom. The van der Waals surface area contributed by atoms with E-state index >= 15 is 0 Å². The van der Waals surface area contributed by atoms with E-state index in [2.05, 4.69) is 0 Å². The minimum Gasteiger partial charge on any atom is -0.293 e. The predicted molar refractivity (Wildman–Crippen MR) is 135 cm³/mol. The van der Waals surface area contributed by atoms with Crippen molar-refractivity contribution in [3.63, 3.8) is 0 Å². The monoisotopic (exact) mass is 442 g/mol. The van der Waals surface area contributed by atoms with Gasteiger partial charge in [-0.1, -0.05) is 84.4 Å². The largest absolute Gasteiger partial charge is 0.293 e. The Bertz CT molecular complexity index is 1780. The van der Waals surface area contributed by atoms with Crippen molar-refractivity contribution >= 4 is 50.0 Å². The molecule has 0 saturated heterocycles. The van der Waals surface area contributed by atoms with E-state index in [4.69, 9.17) is 0 Å². The Balaban J connectivity index is 1.54. The highest BCUT2D eigenvalue weighted by molar-refractivity contribution is 6.30. The van der Waals surface area contributed by atoms with Crippen molar-refractivity contribution < 1.29 is 9.59 Å². The minimum atomic E-state index is -0.998. The molecule has 162 valence electrons. The lowest BCUT2D eigenvalue weighted by Gasteiger charge is -2.21. The Morgan fingerprint density at radius 2 is 1.12 bits per heavy atom. The van der Waals surface area contributed by atoms with Crippen LogP contribution in [0.5, 0.6) is 0 Å². The van der Waals surface area contributed by atoms with Gasteiger partial charge in [0.1, 0.15) is 5.92 Å². The normalized spacial score (nSPS) is 14.4. The molecule has 0 fully saturated rings. The van der Waals surface area contributed by atoms with Crippen LogP contribution in [0.4, 0.5) is 0 Å². The highest BCUT2D eigenvalue weighted by Crippen LogP contribution is 2.33. The van der Waals surface area contributed by atoms with Crippen molar-refractivity contribution in [3.05, 3.63) is 121 Å². The van der Waals surface area contributed by atoms with Crippen LogP contribution in [0.2, 0.25) is 0 Å². The molecule has 0 spiro atoms. The highest BCUT2D eigenvalue weighted by atomic mass is 16.2. The molecule has 4 nitrogen and oxygen atoms in total. The van der Waals surface area contributed by atoms with Gasteiger partial charge in [0.15, 0.2) is 22.4 Å². The molecular weight excluding hydrogens is 424 g/mol. The van der Waals surface area contributed by atoms with Gasteiger partial charge >= 0.3 is 0 Å². The van der Waals surface area contributed by atoms with Crippen LogP contribution in [0.3, 0.4) is 0 Å². The Labute approximate surface area is 193 Å². The smallest absolute Gasteiger partial charge is 0.197 e. The van der Waals surface area contributed by atoms with Crippen molar-refractivity contribution in [1.29, 1.82) is 0 Å². The lowest BCUT2D eigenvalue weighted by molar-refractivity contribution is 0.0836. The van der Waals surface area contributed by atoms with E-state index in [1.165, 1.54) is 6.08 Å². The number of hydrogen-bond donors (Lipinski definition) is 0. The topological polar surface area (TPSA) is 68.3 Å². The van der Waals surface area contributed by atoms with Crippen LogP contribution in [0.1, 0.15) is 27.6 Å². The summed E-state index contributed by atoms with van der Waals surface area (Å²) < 4.78 is 0. The summed E-state index contributed by atoms with van der Waals surface area (Å²) in [5, 5.41) is 4.05. The summed E-state index contributed by atoms with van der Waals surface area (Å²) in [6.07, 6.45) is 3.06. The third-order valence-corrected chi connectivity index (χ3v) is 6.69. The molecule has 0 amide bonds. The van der Waals surface area contributed by atoms with Gasteiger partial charge < -0.3 is 0 Å². The van der Waals surface area contributed by atoms with Gasteiger partial charge in [-0.15, -0.1) is 0 Å². The Kier molecular flexibility index (Phi) is 4.33. The molecule has 5 aromatic rings. The van der Waals surface area contributed by atoms with Crippen LogP contribution in [-0.4, -0.2) is 11.6 Å². The second-order valence-electron chi connectivity index (χ2n) is 8.75. The van der Waals surface area contributed by atoms with Gasteiger partial charge in [0.2, 0.25) is 0 Å². The number of rotatable bonds is 2. The van der Waals surface area contributed by atoms with Gasteiger partial charge in [0.05, 0.1) is 5.22 Å². The maximum atomic E-state index is 13.2. The molecular formula is C30H18O4. The van der Waals surface area contributed by atoms with Gasteiger partial charge in [0.25, 0.3) is 0 Å². The zero-order chi connectivity index (χ0) is 23.6. The van der Waals surface area contributed by atoms with Crippen molar-refractivity contribution in [2.24, 2.45) is 5.92 Å². The average molecular weight is 442 g/mol. The third kappa shape index (κ3) is 2.78. The van der Waals surface area contributed by atoms with Gasteiger partial charge in [-0.25, -0.2) is 0 Å². The summed E-state index contributed by atoms with van der Waals surface area (Å²) in [4.78, 5) is 52.9. The Morgan fingerprint density at radius 1 is 0.647 bits per heavy atom. The van der Waals surface area contributed by atoms with Crippen LogP contribution >= 0.6 is 0 Å². The number of carbonyl (C=O) groups excluding carboxylic acids is 2. The zero-order valence-corrected chi connectivity index (χ0v) is 18.3. The fourth-order valence-corrected chi connectivity index (χ4v) is 5.14. The molecule has 0 aromatic heterocycles. The second kappa shape index (κ2) is 7.29. The summed E-state index contributed by atoms with van der Waals surface area (Å²) in [6.45, 7) is 1.70. The molecule has 0 aliphatic heterocycles. The SMILES string of the molecule is CC(=CC1C(=O)c2cccc3cccc(c23)C1=O)C=c1c(=O)c2cccc3cccc(c1=O)c32. The number of hydrogen-bond acceptors (Lipinski definition) is 4. The summed E-state index contributed by atoms with van der Waals surface area (Å²) in [6, 6.07) is 21.6. The summed E-state index contributed by atoms with van der Waals surface area (Å²) in [7, 11) is 0. The third-order valence-electron chi connectivity index (χ3n) is 6.69. The molecule has 0 N–H and O–H groups in total. The van der Waals surface area contributed by atoms with E-state index in [-0.39, 0.29) is 27.6 Å². The first-order valence-electron chi connectivity index (χ1n) is 11.1. The fourth-order valence-electron chi connectivity index (χ4n) is 5.14. The lowest BCUT2D eigenvalue weighted by Crippen LogP contribution is -2.39. The molecule has 4 heteroatoms. The molecule has 0 unspecified atom stereocenters. The molecule has 0 heterocycles. The van der Waals surface area contributed by atoms with E-state index in [1.54, 1.807) is 49.4 Å². The average Bonchev–Trinajstić information content (AvgIpc) is 2.86. The van der Waals surface area contributed by atoms with Crippen LogP contribution < -0.4 is 16.1 Å². The number of benzene rings is 5. The molecule has 0 radical (unpaired) electrons. The Hall–Kier alpha value is -4.44. The number of ketones is 2. The van der Waals surface area contributed by atoms with Gasteiger partial charge in [0, 0.05) is 32.7 Å². The predicted octanol–water partition coefficient (Wildman–Crippen LogP) is 4.45. The second-order valence-corrected chi connectivity index (χ2v) is 8.75. The first kappa shape index (κ1) is 20.2. The molecule has 34 heavy (non-hydrogen) atoms. The molecule has 1 aliphatic carbocycles. The van der Waals surface area contributed by atoms with Crippen molar-refractivity contribution in [1.82, 2.24) is 0 Å². The van der Waals surface area contributed by atoms with Crippen LogP contribution in [0.25, 0.3) is 38.4 Å². The van der Waals surface area contributed by atoms with Gasteiger partial charge in [-0.3, -0.25) is 19.2 Å². The first-order chi connectivity index (χ1) is 16.5. The van der Waals surface area contributed by atoms with E-state index in [0.29, 0.717) is 38.2 Å². The van der Waals surface area contributed by atoms with Gasteiger partial charge in [-0.2, -0.15) is 0 Å². The van der Waals surface area contributed by atoms with E-state index in [1.807, 2.05) is 36.4 Å². The molecule has 6 rings (SSSR count). The molecule has 1 aliphatic rings. The quantitative estimate of drug-likeness (QED) is 0.379. The molecule has 0 saturated carbocycles. The van der Waals surface area contributed by atoms with Crippen LogP contribution in [0, 0.1) is 5.92 Å². The van der Waals surface area contributed by atoms with Crippen molar-refractivity contribution in [2.45, 2.75) is 6.92 Å². The maximum absolute atomic E-state index is 13.2. The highest BCUT2D eigenvalue weighted by Gasteiger charge is 2.34. The summed E-state index contributed by atoms with van der Waals surface area (Å²) in [5.41, 5.74) is 0.845. The van der Waals surface area contributed by atoms with Crippen LogP contribution in [-0.2, 0) is 0 Å².